The van der Waals surface area contributed by atoms with Crippen LogP contribution in [0.1, 0.15) is 45.9 Å². The molecule has 3 aromatic rings. The second-order valence-corrected chi connectivity index (χ2v) is 7.26. The van der Waals surface area contributed by atoms with Gasteiger partial charge in [0, 0.05) is 44.1 Å². The monoisotopic (exact) mass is 398 g/mol. The van der Waals surface area contributed by atoms with Gasteiger partial charge in [-0.1, -0.05) is 6.07 Å². The molecule has 0 radical (unpaired) electrons. The SMILES string of the molecule is Cc1nc(C)c(C(=O)N2CC[C@H](c3cc(CCOc4cccc(F)c4)[nH]n3)C2)o1. The maximum Gasteiger partial charge on any atom is 0.291 e. The third-order valence-electron chi connectivity index (χ3n) is 5.08. The zero-order valence-electron chi connectivity index (χ0n) is 16.4. The van der Waals surface area contributed by atoms with Crippen LogP contribution in [0.3, 0.4) is 0 Å². The highest BCUT2D eigenvalue weighted by molar-refractivity contribution is 5.92. The quantitative estimate of drug-likeness (QED) is 0.688. The van der Waals surface area contributed by atoms with Crippen LogP contribution in [0.5, 0.6) is 5.75 Å². The number of aromatic nitrogens is 3. The number of halogens is 1. The summed E-state index contributed by atoms with van der Waals surface area (Å²) < 4.78 is 24.2. The molecule has 3 heterocycles. The van der Waals surface area contributed by atoms with Crippen molar-refractivity contribution in [3.8, 4) is 5.75 Å². The summed E-state index contributed by atoms with van der Waals surface area (Å²) in [5, 5.41) is 7.44. The number of rotatable bonds is 6. The van der Waals surface area contributed by atoms with Crippen molar-refractivity contribution in [1.29, 1.82) is 0 Å². The maximum absolute atomic E-state index is 13.2. The van der Waals surface area contributed by atoms with E-state index in [4.69, 9.17) is 9.15 Å². The molecule has 0 unspecified atom stereocenters. The molecule has 8 heteroatoms. The lowest BCUT2D eigenvalue weighted by Gasteiger charge is -2.14. The summed E-state index contributed by atoms with van der Waals surface area (Å²) in [6.07, 6.45) is 1.48. The molecule has 0 bridgehead atoms. The molecule has 0 saturated carbocycles. The number of nitrogens with one attached hydrogen (secondary N) is 1. The highest BCUT2D eigenvalue weighted by Crippen LogP contribution is 2.28. The van der Waals surface area contributed by atoms with Crippen LogP contribution in [-0.2, 0) is 6.42 Å². The molecule has 29 heavy (non-hydrogen) atoms. The Bertz CT molecular complexity index is 1010. The van der Waals surface area contributed by atoms with Crippen LogP contribution in [0.4, 0.5) is 4.39 Å². The van der Waals surface area contributed by atoms with Gasteiger partial charge in [-0.2, -0.15) is 5.10 Å². The van der Waals surface area contributed by atoms with Crippen LogP contribution in [0.15, 0.2) is 34.7 Å². The number of oxazole rings is 1. The topological polar surface area (TPSA) is 84.3 Å². The smallest absolute Gasteiger partial charge is 0.291 e. The predicted octanol–water partition coefficient (Wildman–Crippen LogP) is 3.40. The van der Waals surface area contributed by atoms with Crippen LogP contribution in [0.2, 0.25) is 0 Å². The third-order valence-corrected chi connectivity index (χ3v) is 5.08. The van der Waals surface area contributed by atoms with Gasteiger partial charge in [0.05, 0.1) is 18.0 Å². The Morgan fingerprint density at radius 2 is 2.24 bits per heavy atom. The van der Waals surface area contributed by atoms with Gasteiger partial charge < -0.3 is 14.1 Å². The average Bonchev–Trinajstić information content (AvgIpc) is 3.41. The summed E-state index contributed by atoms with van der Waals surface area (Å²) in [4.78, 5) is 18.6. The zero-order valence-corrected chi connectivity index (χ0v) is 16.4. The number of ether oxygens (including phenoxy) is 1. The van der Waals surface area contributed by atoms with E-state index in [1.807, 2.05) is 6.07 Å². The van der Waals surface area contributed by atoms with E-state index in [2.05, 4.69) is 15.2 Å². The molecular weight excluding hydrogens is 375 g/mol. The summed E-state index contributed by atoms with van der Waals surface area (Å²) in [6.45, 7) is 5.20. The Morgan fingerprint density at radius 3 is 3.00 bits per heavy atom. The molecule has 1 aliphatic rings. The van der Waals surface area contributed by atoms with Gasteiger partial charge in [-0.15, -0.1) is 0 Å². The molecule has 1 aromatic carbocycles. The van der Waals surface area contributed by atoms with Crippen molar-refractivity contribution < 1.29 is 18.3 Å². The van der Waals surface area contributed by atoms with Crippen LogP contribution in [-0.4, -0.2) is 45.7 Å². The molecule has 0 spiro atoms. The number of hydrogen-bond donors (Lipinski definition) is 1. The molecule has 1 fully saturated rings. The standard InChI is InChI=1S/C21H23FN4O3/c1-13-20(29-14(2)23-13)21(27)26-8-6-15(12-26)19-11-17(24-25-19)7-9-28-18-5-3-4-16(22)10-18/h3-5,10-11,15H,6-9,12H2,1-2H3,(H,24,25)/t15-/m0/s1. The number of benzene rings is 1. The van der Waals surface area contributed by atoms with Crippen molar-refractivity contribution >= 4 is 5.91 Å². The van der Waals surface area contributed by atoms with Crippen LogP contribution >= 0.6 is 0 Å². The van der Waals surface area contributed by atoms with Crippen molar-refractivity contribution in [2.24, 2.45) is 0 Å². The molecule has 1 atom stereocenters. The number of carbonyl (C=O) groups excluding carboxylic acids is 1. The van der Waals surface area contributed by atoms with Crippen LogP contribution < -0.4 is 4.74 Å². The third kappa shape index (κ3) is 4.31. The molecule has 2 aromatic heterocycles. The predicted molar refractivity (Wildman–Crippen MR) is 103 cm³/mol. The minimum atomic E-state index is -0.317. The first-order valence-corrected chi connectivity index (χ1v) is 9.65. The largest absolute Gasteiger partial charge is 0.493 e. The molecule has 152 valence electrons. The first-order valence-electron chi connectivity index (χ1n) is 9.65. The second kappa shape index (κ2) is 8.06. The first-order chi connectivity index (χ1) is 14.0. The Morgan fingerprint density at radius 1 is 1.38 bits per heavy atom. The first kappa shape index (κ1) is 19.2. The lowest BCUT2D eigenvalue weighted by Crippen LogP contribution is -2.28. The molecule has 1 amide bonds. The van der Waals surface area contributed by atoms with E-state index in [1.54, 1.807) is 30.9 Å². The van der Waals surface area contributed by atoms with Crippen molar-refractivity contribution in [1.82, 2.24) is 20.1 Å². The summed E-state index contributed by atoms with van der Waals surface area (Å²) in [5.41, 5.74) is 2.51. The lowest BCUT2D eigenvalue weighted by atomic mass is 10.0. The maximum atomic E-state index is 13.2. The Labute approximate surface area is 167 Å². The number of amides is 1. The lowest BCUT2D eigenvalue weighted by molar-refractivity contribution is 0.0756. The van der Waals surface area contributed by atoms with Crippen LogP contribution in [0.25, 0.3) is 0 Å². The highest BCUT2D eigenvalue weighted by Gasteiger charge is 2.32. The molecule has 4 rings (SSSR count). The summed E-state index contributed by atoms with van der Waals surface area (Å²) in [5.74, 6) is 1.07. The minimum absolute atomic E-state index is 0.121. The molecule has 0 aliphatic carbocycles. The van der Waals surface area contributed by atoms with E-state index in [1.165, 1.54) is 12.1 Å². The fourth-order valence-electron chi connectivity index (χ4n) is 3.61. The Kier molecular flexibility index (Phi) is 5.33. The number of nitrogens with zero attached hydrogens (tertiary/aromatic N) is 3. The normalized spacial score (nSPS) is 16.4. The molecule has 1 saturated heterocycles. The van der Waals surface area contributed by atoms with Crippen molar-refractivity contribution in [2.75, 3.05) is 19.7 Å². The molecule has 7 nitrogen and oxygen atoms in total. The fourth-order valence-corrected chi connectivity index (χ4v) is 3.61. The Balaban J connectivity index is 1.31. The number of aromatic amines is 1. The van der Waals surface area contributed by atoms with Gasteiger partial charge in [-0.25, -0.2) is 9.37 Å². The van der Waals surface area contributed by atoms with Gasteiger partial charge in [-0.05, 0) is 31.5 Å². The number of H-pyrrole nitrogens is 1. The number of likely N-dealkylation sites (tertiary alicyclic amines) is 1. The van der Waals surface area contributed by atoms with Crippen molar-refractivity contribution in [3.05, 3.63) is 64.9 Å². The molecule has 1 aliphatic heterocycles. The molecular formula is C21H23FN4O3. The summed E-state index contributed by atoms with van der Waals surface area (Å²) in [7, 11) is 0. The van der Waals surface area contributed by atoms with E-state index in [0.29, 0.717) is 49.2 Å². The second-order valence-electron chi connectivity index (χ2n) is 7.26. The number of hydrogen-bond acceptors (Lipinski definition) is 5. The van der Waals surface area contributed by atoms with Gasteiger partial charge in [0.1, 0.15) is 11.6 Å². The van der Waals surface area contributed by atoms with E-state index in [-0.39, 0.29) is 17.6 Å². The summed E-state index contributed by atoms with van der Waals surface area (Å²) >= 11 is 0. The fraction of sp³-hybridized carbons (Fsp3) is 0.381. The highest BCUT2D eigenvalue weighted by atomic mass is 19.1. The van der Waals surface area contributed by atoms with E-state index < -0.39 is 0 Å². The van der Waals surface area contributed by atoms with E-state index in [0.717, 1.165) is 17.8 Å². The van der Waals surface area contributed by atoms with E-state index >= 15 is 0 Å². The van der Waals surface area contributed by atoms with Crippen LogP contribution in [0, 0.1) is 19.7 Å². The molecule has 1 N–H and O–H groups in total. The van der Waals surface area contributed by atoms with Gasteiger partial charge in [0.25, 0.3) is 5.91 Å². The summed E-state index contributed by atoms with van der Waals surface area (Å²) in [6, 6.07) is 8.10. The van der Waals surface area contributed by atoms with E-state index in [9.17, 15) is 9.18 Å². The van der Waals surface area contributed by atoms with Crippen molar-refractivity contribution in [3.63, 3.8) is 0 Å². The van der Waals surface area contributed by atoms with Crippen molar-refractivity contribution in [2.45, 2.75) is 32.6 Å². The number of carbonyl (C=O) groups is 1. The van der Waals surface area contributed by atoms with Gasteiger partial charge in [0.15, 0.2) is 5.89 Å². The van der Waals surface area contributed by atoms with Gasteiger partial charge in [0.2, 0.25) is 5.76 Å². The number of aryl methyl sites for hydroxylation is 2. The minimum Gasteiger partial charge on any atom is -0.493 e. The van der Waals surface area contributed by atoms with Gasteiger partial charge in [-0.3, -0.25) is 9.89 Å². The average molecular weight is 398 g/mol. The van der Waals surface area contributed by atoms with Gasteiger partial charge >= 0.3 is 0 Å². The zero-order chi connectivity index (χ0) is 20.4. The Hall–Kier alpha value is -3.16.